The second-order valence-corrected chi connectivity index (χ2v) is 20.7. The van der Waals surface area contributed by atoms with Gasteiger partial charge in [-0.25, -0.2) is 0 Å². The van der Waals surface area contributed by atoms with Crippen molar-refractivity contribution in [3.05, 3.63) is 0 Å². The Hall–Kier alpha value is -0.740. The topological polar surface area (TPSA) is 65.2 Å². The van der Waals surface area contributed by atoms with Crippen molar-refractivity contribution in [3.63, 3.8) is 0 Å². The summed E-state index contributed by atoms with van der Waals surface area (Å²) in [6.45, 7) is 19.4. The number of hydrogen-bond donors (Lipinski definition) is 2. The monoisotopic (exact) mass is 633 g/mol. The second-order valence-electron chi connectivity index (χ2n) is 20.7. The summed E-state index contributed by atoms with van der Waals surface area (Å²) in [5, 5.41) is 33.1. The van der Waals surface area contributed by atoms with Crippen LogP contribution in [0.25, 0.3) is 0 Å². The van der Waals surface area contributed by atoms with E-state index in [1.165, 1.54) is 88.5 Å². The zero-order valence-electron chi connectivity index (χ0n) is 30.9. The first kappa shape index (κ1) is 32.5. The van der Waals surface area contributed by atoms with Crippen molar-refractivity contribution >= 4 is 11.4 Å². The third-order valence-electron chi connectivity index (χ3n) is 19.1. The Morgan fingerprint density at radius 2 is 0.870 bits per heavy atom. The van der Waals surface area contributed by atoms with Crippen LogP contribution < -0.4 is 0 Å². The predicted octanol–water partition coefficient (Wildman–Crippen LogP) is 9.86. The molecule has 8 aliphatic carbocycles. The van der Waals surface area contributed by atoms with E-state index in [0.29, 0.717) is 34.5 Å². The minimum atomic E-state index is -0.484. The zero-order chi connectivity index (χ0) is 32.7. The van der Waals surface area contributed by atoms with Crippen molar-refractivity contribution < 1.29 is 10.2 Å². The fourth-order valence-electron chi connectivity index (χ4n) is 15.7. The molecule has 8 saturated carbocycles. The van der Waals surface area contributed by atoms with Gasteiger partial charge in [0.25, 0.3) is 0 Å². The lowest BCUT2D eigenvalue weighted by Crippen LogP contribution is -2.57. The van der Waals surface area contributed by atoms with E-state index in [1.807, 2.05) is 0 Å². The van der Waals surface area contributed by atoms with E-state index in [9.17, 15) is 10.2 Å². The molecule has 2 N–H and O–H groups in total. The molecule has 46 heavy (non-hydrogen) atoms. The first-order chi connectivity index (χ1) is 21.5. The van der Waals surface area contributed by atoms with Crippen LogP contribution in [-0.2, 0) is 0 Å². The largest absolute Gasteiger partial charge is 0.390 e. The van der Waals surface area contributed by atoms with Crippen LogP contribution in [0.3, 0.4) is 0 Å². The Balaban J connectivity index is 0.969. The molecule has 0 aromatic heterocycles. The normalized spacial score (nSPS) is 61.3. The lowest BCUT2D eigenvalue weighted by atomic mass is 9.43. The predicted molar refractivity (Wildman–Crippen MR) is 189 cm³/mol. The van der Waals surface area contributed by atoms with Crippen LogP contribution in [0.4, 0.5) is 0 Å². The minimum Gasteiger partial charge on any atom is -0.390 e. The van der Waals surface area contributed by atoms with Crippen molar-refractivity contribution in [1.29, 1.82) is 0 Å². The summed E-state index contributed by atoms with van der Waals surface area (Å²) < 4.78 is 0. The van der Waals surface area contributed by atoms with Gasteiger partial charge in [-0.15, -0.1) is 0 Å². The second kappa shape index (κ2) is 10.4. The standard InChI is InChI=1S/C42H68N2O2/c1-25-23-37(3)27(9-11-29-31(37)13-17-39(5)33(29)15-19-41(39,7)45)21-35(25)43-44-36-22-28-10-12-30-32(38(28,4)24-26(36)2)14-18-40(6)34(30)16-20-42(40,8)46/h25-34,45-46H,9-24H2,1-8H3/t25-,26-,27+,28?,29-,30-,31+,32+,33+,34+,37+,38+,39+,40+,41+,42+/m1/s1. The molecule has 0 radical (unpaired) electrons. The summed E-state index contributed by atoms with van der Waals surface area (Å²) in [6, 6.07) is 0. The quantitative estimate of drug-likeness (QED) is 0.283. The zero-order valence-corrected chi connectivity index (χ0v) is 30.9. The first-order valence-electron chi connectivity index (χ1n) is 20.1. The maximum atomic E-state index is 11.3. The molecule has 4 nitrogen and oxygen atoms in total. The van der Waals surface area contributed by atoms with Gasteiger partial charge in [0.15, 0.2) is 0 Å². The molecule has 4 heteroatoms. The number of fused-ring (bicyclic) bond motifs is 10. The molecule has 0 aromatic carbocycles. The lowest BCUT2D eigenvalue weighted by Gasteiger charge is -2.62. The van der Waals surface area contributed by atoms with E-state index >= 15 is 0 Å². The fraction of sp³-hybridized carbons (Fsp3) is 0.952. The molecule has 0 bridgehead atoms. The SMILES string of the molecule is C[C@@H]1C[C@@]2(C)[C@@H](CC[C@@H]3[C@@H]2CC[C@@]2(C)[C@H]3CC[C@]2(C)O)CC1=NN=C1CC2CC[C@@H]3[C@H](CC[C@@]4(C)[C@H]3CC[C@]4(C)O)[C@@]2(C)C[C@H]1C. The van der Waals surface area contributed by atoms with Gasteiger partial charge in [0.05, 0.1) is 11.2 Å². The Labute approximate surface area is 281 Å². The highest BCUT2D eigenvalue weighted by Gasteiger charge is 2.65. The van der Waals surface area contributed by atoms with E-state index in [2.05, 4.69) is 55.4 Å². The summed E-state index contributed by atoms with van der Waals surface area (Å²) in [5.74, 6) is 7.15. The highest BCUT2D eigenvalue weighted by molar-refractivity contribution is 5.91. The maximum absolute atomic E-state index is 11.3. The van der Waals surface area contributed by atoms with Crippen molar-refractivity contribution in [2.24, 2.45) is 91.0 Å². The molecule has 0 amide bonds. The summed E-state index contributed by atoms with van der Waals surface area (Å²) in [4.78, 5) is 0. The Morgan fingerprint density at radius 3 is 1.26 bits per heavy atom. The lowest BCUT2D eigenvalue weighted by molar-refractivity contribution is -0.142. The van der Waals surface area contributed by atoms with E-state index in [4.69, 9.17) is 10.2 Å². The van der Waals surface area contributed by atoms with Crippen LogP contribution in [0.5, 0.6) is 0 Å². The molecule has 0 heterocycles. The summed E-state index contributed by atoms with van der Waals surface area (Å²) >= 11 is 0. The average molecular weight is 633 g/mol. The number of nitrogens with zero attached hydrogens (tertiary/aromatic N) is 2. The molecule has 16 atom stereocenters. The highest BCUT2D eigenvalue weighted by atomic mass is 16.3. The number of hydrogen-bond acceptors (Lipinski definition) is 4. The van der Waals surface area contributed by atoms with Gasteiger partial charge in [-0.05, 0) is 197 Å². The van der Waals surface area contributed by atoms with Gasteiger partial charge >= 0.3 is 0 Å². The molecule has 258 valence electrons. The Kier molecular flexibility index (Phi) is 7.34. The highest BCUT2D eigenvalue weighted by Crippen LogP contribution is 2.70. The number of rotatable bonds is 1. The van der Waals surface area contributed by atoms with Crippen LogP contribution >= 0.6 is 0 Å². The van der Waals surface area contributed by atoms with Gasteiger partial charge in [-0.3, -0.25) is 0 Å². The molecule has 0 saturated heterocycles. The average Bonchev–Trinajstić information content (AvgIpc) is 3.38. The van der Waals surface area contributed by atoms with Crippen molar-refractivity contribution in [2.75, 3.05) is 0 Å². The van der Waals surface area contributed by atoms with Crippen molar-refractivity contribution in [2.45, 2.75) is 169 Å². The van der Waals surface area contributed by atoms with E-state index in [0.717, 1.165) is 61.2 Å². The van der Waals surface area contributed by atoms with Gasteiger partial charge in [0, 0.05) is 11.4 Å². The minimum absolute atomic E-state index is 0.112. The summed E-state index contributed by atoms with van der Waals surface area (Å²) in [6.07, 6.45) is 19.7. The van der Waals surface area contributed by atoms with E-state index in [-0.39, 0.29) is 10.8 Å². The summed E-state index contributed by atoms with van der Waals surface area (Å²) in [5.41, 5.74) is 2.86. The summed E-state index contributed by atoms with van der Waals surface area (Å²) in [7, 11) is 0. The third-order valence-corrected chi connectivity index (χ3v) is 19.1. The Bertz CT molecular complexity index is 1200. The molecule has 8 fully saturated rings. The van der Waals surface area contributed by atoms with Gasteiger partial charge in [-0.2, -0.15) is 10.2 Å². The molecule has 0 aromatic rings. The number of aliphatic hydroxyl groups is 2. The molecule has 0 spiro atoms. The molecule has 8 rings (SSSR count). The molecular formula is C42H68N2O2. The third kappa shape index (κ3) is 4.29. The fourth-order valence-corrected chi connectivity index (χ4v) is 15.7. The van der Waals surface area contributed by atoms with E-state index in [1.54, 1.807) is 0 Å². The molecular weight excluding hydrogens is 564 g/mol. The van der Waals surface area contributed by atoms with Gasteiger partial charge < -0.3 is 10.2 Å². The molecule has 1 unspecified atom stereocenters. The van der Waals surface area contributed by atoms with Crippen LogP contribution in [0, 0.1) is 80.8 Å². The van der Waals surface area contributed by atoms with Crippen LogP contribution in [0.2, 0.25) is 0 Å². The van der Waals surface area contributed by atoms with E-state index < -0.39 is 11.2 Å². The van der Waals surface area contributed by atoms with Crippen molar-refractivity contribution in [1.82, 2.24) is 0 Å². The smallest absolute Gasteiger partial charge is 0.0675 e. The van der Waals surface area contributed by atoms with Crippen LogP contribution in [0.15, 0.2) is 10.2 Å². The molecule has 0 aliphatic heterocycles. The maximum Gasteiger partial charge on any atom is 0.0675 e. The van der Waals surface area contributed by atoms with Crippen molar-refractivity contribution in [3.8, 4) is 0 Å². The van der Waals surface area contributed by atoms with Gasteiger partial charge in [0.1, 0.15) is 0 Å². The van der Waals surface area contributed by atoms with Gasteiger partial charge in [-0.1, -0.05) is 41.5 Å². The van der Waals surface area contributed by atoms with Crippen LogP contribution in [0.1, 0.15) is 158 Å². The molecule has 8 aliphatic rings. The Morgan fingerprint density at radius 1 is 0.500 bits per heavy atom. The van der Waals surface area contributed by atoms with Crippen LogP contribution in [-0.4, -0.2) is 32.8 Å². The first-order valence-corrected chi connectivity index (χ1v) is 20.1. The van der Waals surface area contributed by atoms with Gasteiger partial charge in [0.2, 0.25) is 0 Å².